The topological polar surface area (TPSA) is 92.9 Å². The summed E-state index contributed by atoms with van der Waals surface area (Å²) in [5.41, 5.74) is 1.41. The maximum atomic E-state index is 12.6. The van der Waals surface area contributed by atoms with Gasteiger partial charge in [-0.05, 0) is 32.3 Å². The van der Waals surface area contributed by atoms with Gasteiger partial charge in [0.1, 0.15) is 5.82 Å². The summed E-state index contributed by atoms with van der Waals surface area (Å²) in [7, 11) is 0. The highest BCUT2D eigenvalue weighted by molar-refractivity contribution is 5.95. The molecule has 2 fully saturated rings. The number of hydrogen-bond acceptors (Lipinski definition) is 5. The highest BCUT2D eigenvalue weighted by Gasteiger charge is 2.43. The fraction of sp³-hybridized carbons (Fsp3) is 0.500. The van der Waals surface area contributed by atoms with Gasteiger partial charge in [-0.2, -0.15) is 5.10 Å². The van der Waals surface area contributed by atoms with Crippen molar-refractivity contribution in [2.24, 2.45) is 0 Å². The molecular formula is C16H19N5O2. The Morgan fingerprint density at radius 1 is 1.43 bits per heavy atom. The standard InChI is InChI=1S/C16H19N5O2/c1-9-17-8-11(14(19-9)10-3-4-10)16(23)20-12-7-13(22)15(12)21-6-2-5-18-21/h2,5-6,8,10,12-13,15,22H,3-4,7H2,1H3,(H,20,23)/t12-,13+,15+/m0/s1. The fourth-order valence-corrected chi connectivity index (χ4v) is 3.15. The second-order valence-electron chi connectivity index (χ2n) is 6.35. The number of amides is 1. The van der Waals surface area contributed by atoms with Gasteiger partial charge in [-0.3, -0.25) is 9.48 Å². The van der Waals surface area contributed by atoms with Gasteiger partial charge >= 0.3 is 0 Å². The highest BCUT2D eigenvalue weighted by atomic mass is 16.3. The van der Waals surface area contributed by atoms with Gasteiger partial charge < -0.3 is 10.4 Å². The summed E-state index contributed by atoms with van der Waals surface area (Å²) in [4.78, 5) is 21.3. The Kier molecular flexibility index (Phi) is 3.37. The van der Waals surface area contributed by atoms with Crippen LogP contribution >= 0.6 is 0 Å². The lowest BCUT2D eigenvalue weighted by molar-refractivity contribution is -0.00590. The Morgan fingerprint density at radius 2 is 2.26 bits per heavy atom. The molecular weight excluding hydrogens is 294 g/mol. The molecule has 0 unspecified atom stereocenters. The molecule has 0 aliphatic heterocycles. The third-order valence-electron chi connectivity index (χ3n) is 4.60. The molecule has 120 valence electrons. The van der Waals surface area contributed by atoms with Crippen molar-refractivity contribution in [1.29, 1.82) is 0 Å². The Bertz CT molecular complexity index is 726. The molecule has 2 aliphatic carbocycles. The maximum Gasteiger partial charge on any atom is 0.255 e. The van der Waals surface area contributed by atoms with Crippen molar-refractivity contribution in [2.45, 2.75) is 50.3 Å². The lowest BCUT2D eigenvalue weighted by Crippen LogP contribution is -2.56. The van der Waals surface area contributed by atoms with Gasteiger partial charge in [0, 0.05) is 24.5 Å². The summed E-state index contributed by atoms with van der Waals surface area (Å²) < 4.78 is 1.70. The zero-order chi connectivity index (χ0) is 16.0. The van der Waals surface area contributed by atoms with Crippen LogP contribution in [0, 0.1) is 6.92 Å². The molecule has 7 nitrogen and oxygen atoms in total. The number of carbonyl (C=O) groups is 1. The molecule has 0 saturated heterocycles. The Hall–Kier alpha value is -2.28. The molecule has 2 aromatic rings. The molecule has 1 amide bonds. The van der Waals surface area contributed by atoms with Crippen LogP contribution in [0.15, 0.2) is 24.7 Å². The Balaban J connectivity index is 1.52. The summed E-state index contributed by atoms with van der Waals surface area (Å²) >= 11 is 0. The number of aliphatic hydroxyl groups excluding tert-OH is 1. The largest absolute Gasteiger partial charge is 0.391 e. The third-order valence-corrected chi connectivity index (χ3v) is 4.60. The van der Waals surface area contributed by atoms with Gasteiger partial charge in [-0.15, -0.1) is 0 Å². The van der Waals surface area contributed by atoms with Gasteiger partial charge in [-0.25, -0.2) is 9.97 Å². The van der Waals surface area contributed by atoms with E-state index in [0.717, 1.165) is 18.5 Å². The average molecular weight is 313 g/mol. The van der Waals surface area contributed by atoms with Crippen molar-refractivity contribution in [3.05, 3.63) is 41.7 Å². The summed E-state index contributed by atoms with van der Waals surface area (Å²) in [5, 5.41) is 17.2. The molecule has 0 spiro atoms. The lowest BCUT2D eigenvalue weighted by Gasteiger charge is -2.41. The van der Waals surface area contributed by atoms with Crippen molar-refractivity contribution in [3.63, 3.8) is 0 Å². The third kappa shape index (κ3) is 2.61. The first kappa shape index (κ1) is 14.3. The molecule has 2 N–H and O–H groups in total. The van der Waals surface area contributed by atoms with Gasteiger partial charge in [0.05, 0.1) is 29.4 Å². The first-order valence-corrected chi connectivity index (χ1v) is 7.95. The van der Waals surface area contributed by atoms with Crippen LogP contribution in [0.1, 0.15) is 53.1 Å². The fourth-order valence-electron chi connectivity index (χ4n) is 3.15. The molecule has 0 aromatic carbocycles. The van der Waals surface area contributed by atoms with E-state index in [0.29, 0.717) is 23.7 Å². The van der Waals surface area contributed by atoms with E-state index in [9.17, 15) is 9.90 Å². The van der Waals surface area contributed by atoms with E-state index >= 15 is 0 Å². The maximum absolute atomic E-state index is 12.6. The van der Waals surface area contributed by atoms with Gasteiger partial charge in [0.2, 0.25) is 0 Å². The van der Waals surface area contributed by atoms with Crippen LogP contribution in [0.4, 0.5) is 0 Å². The van der Waals surface area contributed by atoms with E-state index in [4.69, 9.17) is 0 Å². The lowest BCUT2D eigenvalue weighted by atomic mass is 9.83. The second kappa shape index (κ2) is 5.42. The first-order chi connectivity index (χ1) is 11.1. The van der Waals surface area contributed by atoms with Gasteiger partial charge in [0.15, 0.2) is 0 Å². The van der Waals surface area contributed by atoms with Crippen molar-refractivity contribution in [3.8, 4) is 0 Å². The van der Waals surface area contributed by atoms with Crippen LogP contribution in [0.3, 0.4) is 0 Å². The molecule has 0 radical (unpaired) electrons. The summed E-state index contributed by atoms with van der Waals surface area (Å²) in [6.45, 7) is 1.84. The van der Waals surface area contributed by atoms with Crippen molar-refractivity contribution in [2.75, 3.05) is 0 Å². The van der Waals surface area contributed by atoms with Crippen LogP contribution in [0.2, 0.25) is 0 Å². The van der Waals surface area contributed by atoms with E-state index in [1.807, 2.05) is 13.0 Å². The van der Waals surface area contributed by atoms with E-state index < -0.39 is 6.10 Å². The number of aryl methyl sites for hydroxylation is 1. The number of aromatic nitrogens is 4. The predicted octanol–water partition coefficient (Wildman–Crippen LogP) is 0.963. The van der Waals surface area contributed by atoms with E-state index in [-0.39, 0.29) is 18.0 Å². The predicted molar refractivity (Wildman–Crippen MR) is 81.9 cm³/mol. The minimum Gasteiger partial charge on any atom is -0.391 e. The SMILES string of the molecule is Cc1ncc(C(=O)N[C@H]2C[C@@H](O)[C@@H]2n2cccn2)c(C2CC2)n1. The Labute approximate surface area is 133 Å². The quantitative estimate of drug-likeness (QED) is 0.877. The monoisotopic (exact) mass is 313 g/mol. The molecule has 4 rings (SSSR count). The number of aliphatic hydroxyl groups is 1. The summed E-state index contributed by atoms with van der Waals surface area (Å²) in [5.74, 6) is 0.907. The smallest absolute Gasteiger partial charge is 0.255 e. The molecule has 3 atom stereocenters. The van der Waals surface area contributed by atoms with Gasteiger partial charge in [-0.1, -0.05) is 0 Å². The Morgan fingerprint density at radius 3 is 2.91 bits per heavy atom. The summed E-state index contributed by atoms with van der Waals surface area (Å²) in [6.07, 6.45) is 7.28. The average Bonchev–Trinajstić information content (AvgIpc) is 3.24. The number of nitrogens with one attached hydrogen (secondary N) is 1. The number of hydrogen-bond donors (Lipinski definition) is 2. The second-order valence-corrected chi connectivity index (χ2v) is 6.35. The normalized spacial score (nSPS) is 26.6. The highest BCUT2D eigenvalue weighted by Crippen LogP contribution is 2.40. The van der Waals surface area contributed by atoms with Crippen LogP contribution in [-0.2, 0) is 0 Å². The molecule has 2 heterocycles. The van der Waals surface area contributed by atoms with Crippen molar-refractivity contribution in [1.82, 2.24) is 25.1 Å². The van der Waals surface area contributed by atoms with Crippen LogP contribution in [0.5, 0.6) is 0 Å². The van der Waals surface area contributed by atoms with E-state index in [2.05, 4.69) is 20.4 Å². The first-order valence-electron chi connectivity index (χ1n) is 7.95. The molecule has 2 aromatic heterocycles. The van der Waals surface area contributed by atoms with Crippen molar-refractivity contribution < 1.29 is 9.90 Å². The minimum atomic E-state index is -0.489. The number of rotatable bonds is 4. The van der Waals surface area contributed by atoms with Crippen molar-refractivity contribution >= 4 is 5.91 Å². The molecule has 2 saturated carbocycles. The number of carbonyl (C=O) groups excluding carboxylic acids is 1. The zero-order valence-corrected chi connectivity index (χ0v) is 12.9. The van der Waals surface area contributed by atoms with E-state index in [1.165, 1.54) is 0 Å². The van der Waals surface area contributed by atoms with Gasteiger partial charge in [0.25, 0.3) is 5.91 Å². The molecule has 0 bridgehead atoms. The molecule has 23 heavy (non-hydrogen) atoms. The van der Waals surface area contributed by atoms with Crippen LogP contribution < -0.4 is 5.32 Å². The molecule has 2 aliphatic rings. The minimum absolute atomic E-state index is 0.134. The number of nitrogens with zero attached hydrogens (tertiary/aromatic N) is 4. The van der Waals surface area contributed by atoms with Crippen LogP contribution in [-0.4, -0.2) is 42.9 Å². The molecule has 7 heteroatoms. The van der Waals surface area contributed by atoms with E-state index in [1.54, 1.807) is 23.3 Å². The summed E-state index contributed by atoms with van der Waals surface area (Å²) in [6, 6.07) is 1.46. The van der Waals surface area contributed by atoms with Crippen LogP contribution in [0.25, 0.3) is 0 Å². The zero-order valence-electron chi connectivity index (χ0n) is 12.9.